The Morgan fingerprint density at radius 3 is 2.06 bits per heavy atom. The molecule has 17 heavy (non-hydrogen) atoms. The zero-order valence-corrected chi connectivity index (χ0v) is 15.5. The van der Waals surface area contributed by atoms with Crippen LogP contribution in [0, 0.1) is 0 Å². The molecule has 0 N–H and O–H groups in total. The van der Waals surface area contributed by atoms with E-state index in [2.05, 4.69) is 44.8 Å². The van der Waals surface area contributed by atoms with E-state index in [1.165, 1.54) is 70.0 Å². The molecule has 0 saturated heterocycles. The standard InChI is InChI=1S/C14H22Br2Se/c1-2-3-4-5-6-7-8-9-10-12-11-13(15)17-14(12)16/h11H,2-10H2,1H3. The number of unbranched alkanes of at least 4 members (excludes halogenated alkanes) is 7. The van der Waals surface area contributed by atoms with E-state index < -0.39 is 0 Å². The third-order valence-electron chi connectivity index (χ3n) is 3.03. The first kappa shape index (κ1) is 16.0. The second kappa shape index (κ2) is 9.83. The fourth-order valence-electron chi connectivity index (χ4n) is 1.99. The van der Waals surface area contributed by atoms with Crippen LogP contribution < -0.4 is 0 Å². The van der Waals surface area contributed by atoms with Crippen LogP contribution in [-0.2, 0) is 6.42 Å². The molecule has 0 fully saturated rings. The van der Waals surface area contributed by atoms with Gasteiger partial charge in [-0.25, -0.2) is 0 Å². The summed E-state index contributed by atoms with van der Waals surface area (Å²) in [6.07, 6.45) is 12.5. The molecule has 1 aromatic rings. The van der Waals surface area contributed by atoms with E-state index in [0.29, 0.717) is 14.5 Å². The van der Waals surface area contributed by atoms with Gasteiger partial charge in [0, 0.05) is 0 Å². The molecule has 1 heterocycles. The molecule has 0 amide bonds. The van der Waals surface area contributed by atoms with Crippen LogP contribution in [0.5, 0.6) is 0 Å². The van der Waals surface area contributed by atoms with Crippen LogP contribution in [0.15, 0.2) is 12.8 Å². The van der Waals surface area contributed by atoms with Gasteiger partial charge in [-0.15, -0.1) is 0 Å². The molecule has 0 nitrogen and oxygen atoms in total. The average molecular weight is 429 g/mol. The third kappa shape index (κ3) is 7.20. The summed E-state index contributed by atoms with van der Waals surface area (Å²) in [4.78, 5) is 0. The van der Waals surface area contributed by atoms with Crippen molar-refractivity contribution in [3.63, 3.8) is 0 Å². The first-order valence-electron chi connectivity index (χ1n) is 6.67. The minimum atomic E-state index is 0.523. The first-order valence-corrected chi connectivity index (χ1v) is 9.97. The van der Waals surface area contributed by atoms with Gasteiger partial charge in [0.2, 0.25) is 0 Å². The summed E-state index contributed by atoms with van der Waals surface area (Å²) in [5.74, 6) is 0. The predicted octanol–water partition coefficient (Wildman–Crippen LogP) is 5.95. The summed E-state index contributed by atoms with van der Waals surface area (Å²) >= 11 is 7.80. The Labute approximate surface area is 129 Å². The molecule has 0 aliphatic carbocycles. The maximum atomic E-state index is 3.68. The van der Waals surface area contributed by atoms with Crippen LogP contribution >= 0.6 is 31.9 Å². The van der Waals surface area contributed by atoms with Crippen LogP contribution in [0.2, 0.25) is 0 Å². The van der Waals surface area contributed by atoms with E-state index in [0.717, 1.165) is 0 Å². The molecule has 3 heteroatoms. The summed E-state index contributed by atoms with van der Waals surface area (Å²) < 4.78 is 2.83. The average Bonchev–Trinajstić information content (AvgIpc) is 2.61. The van der Waals surface area contributed by atoms with Gasteiger partial charge in [0.15, 0.2) is 0 Å². The van der Waals surface area contributed by atoms with Gasteiger partial charge in [-0.3, -0.25) is 0 Å². The normalized spacial score (nSPS) is 11.0. The molecule has 0 radical (unpaired) electrons. The molecule has 0 aliphatic heterocycles. The van der Waals surface area contributed by atoms with Gasteiger partial charge in [0.25, 0.3) is 0 Å². The van der Waals surface area contributed by atoms with E-state index in [-0.39, 0.29) is 0 Å². The van der Waals surface area contributed by atoms with Crippen molar-refractivity contribution < 1.29 is 0 Å². The van der Waals surface area contributed by atoms with E-state index in [1.54, 1.807) is 0 Å². The Hall–Kier alpha value is 0.959. The summed E-state index contributed by atoms with van der Waals surface area (Å²) in [6.45, 7) is 2.28. The summed E-state index contributed by atoms with van der Waals surface area (Å²) in [7, 11) is 0. The molecule has 0 aliphatic rings. The molecule has 0 spiro atoms. The Morgan fingerprint density at radius 1 is 0.941 bits per heavy atom. The maximum absolute atomic E-state index is 3.68. The van der Waals surface area contributed by atoms with E-state index in [4.69, 9.17) is 0 Å². The quantitative estimate of drug-likeness (QED) is 0.336. The first-order chi connectivity index (χ1) is 8.24. The number of hydrogen-bond acceptors (Lipinski definition) is 0. The van der Waals surface area contributed by atoms with E-state index in [9.17, 15) is 0 Å². The number of halogens is 2. The van der Waals surface area contributed by atoms with Crippen LogP contribution in [0.25, 0.3) is 0 Å². The molecule has 0 unspecified atom stereocenters. The minimum absolute atomic E-state index is 0.523. The molecule has 0 aromatic carbocycles. The monoisotopic (exact) mass is 428 g/mol. The summed E-state index contributed by atoms with van der Waals surface area (Å²) in [5.41, 5.74) is 1.53. The van der Waals surface area contributed by atoms with Crippen LogP contribution in [0.4, 0.5) is 0 Å². The second-order valence-electron chi connectivity index (χ2n) is 4.57. The van der Waals surface area contributed by atoms with E-state index >= 15 is 0 Å². The van der Waals surface area contributed by atoms with Crippen molar-refractivity contribution in [2.75, 3.05) is 0 Å². The zero-order valence-electron chi connectivity index (χ0n) is 10.6. The molecular formula is C14H22Br2Se. The molecule has 1 aromatic heterocycles. The Kier molecular flexibility index (Phi) is 9.26. The second-order valence-corrected chi connectivity index (χ2v) is 10.8. The fourth-order valence-corrected chi connectivity index (χ4v) is 6.85. The van der Waals surface area contributed by atoms with Crippen molar-refractivity contribution in [3.8, 4) is 0 Å². The van der Waals surface area contributed by atoms with Crippen molar-refractivity contribution in [1.29, 1.82) is 0 Å². The van der Waals surface area contributed by atoms with Gasteiger partial charge >= 0.3 is 129 Å². The summed E-state index contributed by atoms with van der Waals surface area (Å²) in [5, 5.41) is 0. The van der Waals surface area contributed by atoms with Crippen molar-refractivity contribution >= 4 is 46.4 Å². The molecule has 0 saturated carbocycles. The molecule has 0 atom stereocenters. The van der Waals surface area contributed by atoms with Gasteiger partial charge in [0.1, 0.15) is 0 Å². The molecule has 1 rings (SSSR count). The molecular weight excluding hydrogens is 407 g/mol. The van der Waals surface area contributed by atoms with Gasteiger partial charge < -0.3 is 0 Å². The number of rotatable bonds is 9. The predicted molar refractivity (Wildman–Crippen MR) is 85.1 cm³/mol. The van der Waals surface area contributed by atoms with Crippen molar-refractivity contribution in [2.24, 2.45) is 0 Å². The number of hydrogen-bond donors (Lipinski definition) is 0. The molecule has 0 bridgehead atoms. The van der Waals surface area contributed by atoms with E-state index in [1.807, 2.05) is 0 Å². The van der Waals surface area contributed by atoms with Crippen molar-refractivity contribution in [1.82, 2.24) is 0 Å². The van der Waals surface area contributed by atoms with Crippen LogP contribution in [0.1, 0.15) is 63.9 Å². The Morgan fingerprint density at radius 2 is 1.53 bits per heavy atom. The zero-order chi connectivity index (χ0) is 12.5. The van der Waals surface area contributed by atoms with Gasteiger partial charge in [-0.2, -0.15) is 0 Å². The van der Waals surface area contributed by atoms with Crippen molar-refractivity contribution in [3.05, 3.63) is 18.3 Å². The topological polar surface area (TPSA) is 0 Å². The van der Waals surface area contributed by atoms with Crippen molar-refractivity contribution in [2.45, 2.75) is 64.7 Å². The Balaban J connectivity index is 1.99. The fraction of sp³-hybridized carbons (Fsp3) is 0.714. The number of aryl methyl sites for hydroxylation is 1. The van der Waals surface area contributed by atoms with Gasteiger partial charge in [-0.05, 0) is 0 Å². The SMILES string of the molecule is CCCCCCCCCCc1cc(Br)[se]c1Br. The van der Waals surface area contributed by atoms with Gasteiger partial charge in [0.05, 0.1) is 0 Å². The Bertz CT molecular complexity index is 307. The van der Waals surface area contributed by atoms with Crippen LogP contribution in [0.3, 0.4) is 0 Å². The third-order valence-corrected chi connectivity index (χ3v) is 7.03. The summed E-state index contributed by atoms with van der Waals surface area (Å²) in [6, 6.07) is 2.31. The molecule has 98 valence electrons. The van der Waals surface area contributed by atoms with Crippen LogP contribution in [-0.4, -0.2) is 14.5 Å². The van der Waals surface area contributed by atoms with Gasteiger partial charge in [-0.1, -0.05) is 0 Å².